The lowest BCUT2D eigenvalue weighted by Gasteiger charge is -2.24. The number of rotatable bonds is 7. The molecule has 2 amide bonds. The van der Waals surface area contributed by atoms with Gasteiger partial charge >= 0.3 is 12.0 Å². The highest BCUT2D eigenvalue weighted by Gasteiger charge is 2.24. The summed E-state index contributed by atoms with van der Waals surface area (Å²) in [6.07, 6.45) is 2.18. The zero-order valence-corrected chi connectivity index (χ0v) is 12.8. The molecule has 116 valence electrons. The van der Waals surface area contributed by atoms with Gasteiger partial charge in [0.25, 0.3) is 0 Å². The Morgan fingerprint density at radius 2 is 2.10 bits per heavy atom. The molecule has 1 aromatic rings. The fourth-order valence-corrected chi connectivity index (χ4v) is 2.29. The van der Waals surface area contributed by atoms with Crippen LogP contribution in [0.15, 0.2) is 24.3 Å². The van der Waals surface area contributed by atoms with Gasteiger partial charge in [-0.15, -0.1) is 0 Å². The molecule has 1 atom stereocenters. The van der Waals surface area contributed by atoms with Gasteiger partial charge in [-0.3, -0.25) is 4.90 Å². The Bertz CT molecular complexity index is 499. The first-order chi connectivity index (χ1) is 10.0. The number of para-hydroxylation sites is 1. The summed E-state index contributed by atoms with van der Waals surface area (Å²) < 4.78 is 13.7. The fraction of sp³-hybridized carbons (Fsp3) is 0.429. The molecule has 7 heteroatoms. The Morgan fingerprint density at radius 3 is 2.62 bits per heavy atom. The number of benzene rings is 1. The fourth-order valence-electron chi connectivity index (χ4n) is 1.81. The van der Waals surface area contributed by atoms with Gasteiger partial charge in [-0.1, -0.05) is 12.1 Å². The van der Waals surface area contributed by atoms with Crippen molar-refractivity contribution in [3.63, 3.8) is 0 Å². The highest BCUT2D eigenvalue weighted by Crippen LogP contribution is 2.18. The second kappa shape index (κ2) is 8.51. The van der Waals surface area contributed by atoms with E-state index < -0.39 is 23.9 Å². The molecule has 0 spiro atoms. The smallest absolute Gasteiger partial charge is 0.326 e. The summed E-state index contributed by atoms with van der Waals surface area (Å²) in [4.78, 5) is 24.5. The van der Waals surface area contributed by atoms with Crippen LogP contribution < -0.4 is 10.2 Å². The van der Waals surface area contributed by atoms with E-state index in [4.69, 9.17) is 5.11 Å². The number of aliphatic carboxylic acids is 1. The van der Waals surface area contributed by atoms with Crippen LogP contribution in [0.1, 0.15) is 13.3 Å². The maximum absolute atomic E-state index is 13.7. The van der Waals surface area contributed by atoms with E-state index >= 15 is 0 Å². The maximum Gasteiger partial charge on any atom is 0.326 e. The standard InChI is InChI=1S/C14H19FN2O3S/c1-3-17(12-7-5-4-6-10(12)15)14(20)16-11(13(18)19)8-9-21-2/h4-7,11H,3,8-9H2,1-2H3,(H,16,20)(H,18,19)/t11-/m1/s1. The topological polar surface area (TPSA) is 69.6 Å². The molecule has 0 saturated heterocycles. The molecule has 0 aliphatic rings. The quantitative estimate of drug-likeness (QED) is 0.811. The molecule has 0 unspecified atom stereocenters. The number of thioether (sulfide) groups is 1. The number of hydrogen-bond acceptors (Lipinski definition) is 3. The summed E-state index contributed by atoms with van der Waals surface area (Å²) in [5, 5.41) is 11.5. The van der Waals surface area contributed by atoms with E-state index in [0.29, 0.717) is 12.2 Å². The van der Waals surface area contributed by atoms with Crippen molar-refractivity contribution >= 4 is 29.4 Å². The summed E-state index contributed by atoms with van der Waals surface area (Å²) in [5.41, 5.74) is 0.131. The number of anilines is 1. The minimum Gasteiger partial charge on any atom is -0.480 e. The van der Waals surface area contributed by atoms with Crippen LogP contribution in [0.4, 0.5) is 14.9 Å². The predicted octanol–water partition coefficient (Wildman–Crippen LogP) is 2.57. The monoisotopic (exact) mass is 314 g/mol. The Morgan fingerprint density at radius 1 is 1.43 bits per heavy atom. The minimum absolute atomic E-state index is 0.131. The molecule has 0 aliphatic carbocycles. The normalized spacial score (nSPS) is 11.8. The molecule has 5 nitrogen and oxygen atoms in total. The van der Waals surface area contributed by atoms with Crippen molar-refractivity contribution in [2.24, 2.45) is 0 Å². The predicted molar refractivity (Wildman–Crippen MR) is 82.4 cm³/mol. The van der Waals surface area contributed by atoms with Gasteiger partial charge in [0.05, 0.1) is 5.69 Å². The Balaban J connectivity index is 2.83. The second-order valence-corrected chi connectivity index (χ2v) is 5.30. The molecular formula is C14H19FN2O3S. The third kappa shape index (κ3) is 4.93. The molecule has 0 aromatic heterocycles. The van der Waals surface area contributed by atoms with Crippen molar-refractivity contribution in [2.75, 3.05) is 23.5 Å². The van der Waals surface area contributed by atoms with E-state index in [1.165, 1.54) is 34.9 Å². The molecule has 0 fully saturated rings. The van der Waals surface area contributed by atoms with Crippen LogP contribution in [0, 0.1) is 5.82 Å². The molecule has 1 rings (SSSR count). The minimum atomic E-state index is -1.10. The van der Waals surface area contributed by atoms with Crippen LogP contribution >= 0.6 is 11.8 Å². The zero-order chi connectivity index (χ0) is 15.8. The second-order valence-electron chi connectivity index (χ2n) is 4.32. The summed E-state index contributed by atoms with van der Waals surface area (Å²) in [7, 11) is 0. The Labute approximate surface area is 127 Å². The summed E-state index contributed by atoms with van der Waals surface area (Å²) in [6, 6.07) is 4.30. The molecule has 0 radical (unpaired) electrons. The summed E-state index contributed by atoms with van der Waals surface area (Å²) in [6.45, 7) is 1.94. The van der Waals surface area contributed by atoms with Crippen molar-refractivity contribution in [3.8, 4) is 0 Å². The number of urea groups is 1. The number of nitrogens with one attached hydrogen (secondary N) is 1. The van der Waals surface area contributed by atoms with E-state index in [0.717, 1.165) is 0 Å². The molecule has 0 saturated carbocycles. The van der Waals surface area contributed by atoms with Gasteiger partial charge in [0.1, 0.15) is 11.9 Å². The van der Waals surface area contributed by atoms with Crippen LogP contribution in [0.2, 0.25) is 0 Å². The van der Waals surface area contributed by atoms with Crippen LogP contribution in [-0.4, -0.2) is 41.7 Å². The molecule has 0 heterocycles. The van der Waals surface area contributed by atoms with Gasteiger partial charge in [0.15, 0.2) is 0 Å². The largest absolute Gasteiger partial charge is 0.480 e. The Hall–Kier alpha value is -1.76. The van der Waals surface area contributed by atoms with Crippen molar-refractivity contribution in [3.05, 3.63) is 30.1 Å². The molecular weight excluding hydrogens is 295 g/mol. The average molecular weight is 314 g/mol. The summed E-state index contributed by atoms with van der Waals surface area (Å²) >= 11 is 1.50. The lowest BCUT2D eigenvalue weighted by atomic mass is 10.2. The van der Waals surface area contributed by atoms with Crippen LogP contribution in [-0.2, 0) is 4.79 Å². The van der Waals surface area contributed by atoms with E-state index in [9.17, 15) is 14.0 Å². The van der Waals surface area contributed by atoms with Crippen molar-refractivity contribution < 1.29 is 19.1 Å². The van der Waals surface area contributed by atoms with E-state index in [2.05, 4.69) is 5.32 Å². The van der Waals surface area contributed by atoms with Gasteiger partial charge in [-0.25, -0.2) is 14.0 Å². The molecule has 1 aromatic carbocycles. The molecule has 21 heavy (non-hydrogen) atoms. The van der Waals surface area contributed by atoms with Gasteiger partial charge in [-0.05, 0) is 37.5 Å². The number of carbonyl (C=O) groups is 2. The van der Waals surface area contributed by atoms with E-state index in [1.54, 1.807) is 13.0 Å². The number of hydrogen-bond donors (Lipinski definition) is 2. The number of nitrogens with zero attached hydrogens (tertiary/aromatic N) is 1. The zero-order valence-electron chi connectivity index (χ0n) is 12.0. The van der Waals surface area contributed by atoms with Crippen molar-refractivity contribution in [1.29, 1.82) is 0 Å². The number of halogens is 1. The average Bonchev–Trinajstić information content (AvgIpc) is 2.45. The number of carbonyl (C=O) groups excluding carboxylic acids is 1. The van der Waals surface area contributed by atoms with Crippen molar-refractivity contribution in [2.45, 2.75) is 19.4 Å². The van der Waals surface area contributed by atoms with Gasteiger partial charge < -0.3 is 10.4 Å². The first kappa shape index (κ1) is 17.3. The van der Waals surface area contributed by atoms with Crippen LogP contribution in [0.5, 0.6) is 0 Å². The lowest BCUT2D eigenvalue weighted by Crippen LogP contribution is -2.48. The van der Waals surface area contributed by atoms with Crippen LogP contribution in [0.25, 0.3) is 0 Å². The highest BCUT2D eigenvalue weighted by molar-refractivity contribution is 7.98. The first-order valence-electron chi connectivity index (χ1n) is 6.55. The van der Waals surface area contributed by atoms with Crippen molar-refractivity contribution in [1.82, 2.24) is 5.32 Å². The van der Waals surface area contributed by atoms with Gasteiger partial charge in [0.2, 0.25) is 0 Å². The van der Waals surface area contributed by atoms with Gasteiger partial charge in [0, 0.05) is 6.54 Å². The number of carboxylic acids is 1. The van der Waals surface area contributed by atoms with Crippen LogP contribution in [0.3, 0.4) is 0 Å². The first-order valence-corrected chi connectivity index (χ1v) is 7.95. The molecule has 0 aliphatic heterocycles. The van der Waals surface area contributed by atoms with E-state index in [1.807, 2.05) is 6.26 Å². The maximum atomic E-state index is 13.7. The third-order valence-electron chi connectivity index (χ3n) is 2.91. The number of carboxylic acid groups (broad SMARTS) is 1. The van der Waals surface area contributed by atoms with Gasteiger partial charge in [-0.2, -0.15) is 11.8 Å². The Kier molecular flexibility index (Phi) is 7.01. The number of amides is 2. The summed E-state index contributed by atoms with van der Waals surface area (Å²) in [5.74, 6) is -1.00. The SMILES string of the molecule is CCN(C(=O)N[C@H](CCSC)C(=O)O)c1ccccc1F. The third-order valence-corrected chi connectivity index (χ3v) is 3.56. The molecule has 2 N–H and O–H groups in total. The molecule has 0 bridgehead atoms. The lowest BCUT2D eigenvalue weighted by molar-refractivity contribution is -0.139. The van der Waals surface area contributed by atoms with E-state index in [-0.39, 0.29) is 12.2 Å². The highest BCUT2D eigenvalue weighted by atomic mass is 32.2.